The topological polar surface area (TPSA) is 75.7 Å². The van der Waals surface area contributed by atoms with Crippen LogP contribution in [0.25, 0.3) is 0 Å². The van der Waals surface area contributed by atoms with Gasteiger partial charge in [0.2, 0.25) is 0 Å². The Labute approximate surface area is 133 Å². The van der Waals surface area contributed by atoms with Crippen molar-refractivity contribution < 1.29 is 33.0 Å². The first-order chi connectivity index (χ1) is 9.52. The van der Waals surface area contributed by atoms with E-state index in [9.17, 15) is 23.5 Å². The molecule has 0 amide bonds. The summed E-state index contributed by atoms with van der Waals surface area (Å²) in [6.07, 6.45) is 0. The average Bonchev–Trinajstić information content (AvgIpc) is 2.37. The standard InChI is InChI=1S/C13H13F2IO5/c1-12(2,13(14,15)11(18)19)21-10(17)7-4-5-9(20-3)8(16)6-7/h4-6H,1-3H3,(H,18,19)/p-1. The molecule has 0 aliphatic heterocycles. The van der Waals surface area contributed by atoms with Crippen LogP contribution in [-0.2, 0) is 9.53 Å². The number of carbonyl (C=O) groups is 2. The van der Waals surface area contributed by atoms with E-state index in [0.717, 1.165) is 13.8 Å². The van der Waals surface area contributed by atoms with Gasteiger partial charge in [0.1, 0.15) is 11.7 Å². The average molecular weight is 413 g/mol. The number of rotatable bonds is 5. The monoisotopic (exact) mass is 413 g/mol. The van der Waals surface area contributed by atoms with E-state index < -0.39 is 23.5 Å². The van der Waals surface area contributed by atoms with Crippen molar-refractivity contribution in [1.82, 2.24) is 0 Å². The fourth-order valence-electron chi connectivity index (χ4n) is 1.39. The second kappa shape index (κ2) is 6.12. The molecule has 0 aromatic heterocycles. The van der Waals surface area contributed by atoms with Crippen LogP contribution >= 0.6 is 22.6 Å². The highest BCUT2D eigenvalue weighted by Gasteiger charge is 2.51. The second-order valence-corrected chi connectivity index (χ2v) is 5.77. The Morgan fingerprint density at radius 2 is 1.86 bits per heavy atom. The van der Waals surface area contributed by atoms with Crippen LogP contribution in [0.15, 0.2) is 18.2 Å². The lowest BCUT2D eigenvalue weighted by atomic mass is 10.0. The Kier molecular flexibility index (Phi) is 5.13. The van der Waals surface area contributed by atoms with E-state index in [2.05, 4.69) is 4.74 Å². The number of benzene rings is 1. The van der Waals surface area contributed by atoms with Crippen molar-refractivity contribution in [2.75, 3.05) is 7.11 Å². The highest BCUT2D eigenvalue weighted by Crippen LogP contribution is 2.32. The third-order valence-corrected chi connectivity index (χ3v) is 3.59. The first-order valence-electron chi connectivity index (χ1n) is 5.69. The number of hydrogen-bond acceptors (Lipinski definition) is 5. The minimum absolute atomic E-state index is 0.00224. The summed E-state index contributed by atoms with van der Waals surface area (Å²) in [5.74, 6) is -7.49. The van der Waals surface area contributed by atoms with Gasteiger partial charge in [-0.3, -0.25) is 0 Å². The van der Waals surface area contributed by atoms with Crippen LogP contribution in [0.5, 0.6) is 5.75 Å². The molecule has 5 nitrogen and oxygen atoms in total. The molecule has 8 heteroatoms. The number of hydrogen-bond donors (Lipinski definition) is 0. The molecular weight excluding hydrogens is 401 g/mol. The van der Waals surface area contributed by atoms with Gasteiger partial charge < -0.3 is 19.4 Å². The number of esters is 1. The molecule has 0 aliphatic carbocycles. The summed E-state index contributed by atoms with van der Waals surface area (Å²) in [5.41, 5.74) is -2.55. The summed E-state index contributed by atoms with van der Waals surface area (Å²) in [5, 5.41) is 10.5. The number of aliphatic carboxylic acids is 1. The molecule has 1 aromatic carbocycles. The van der Waals surface area contributed by atoms with Crippen molar-refractivity contribution in [2.45, 2.75) is 25.4 Å². The van der Waals surface area contributed by atoms with Gasteiger partial charge in [0.05, 0.1) is 16.2 Å². The van der Waals surface area contributed by atoms with E-state index in [1.165, 1.54) is 25.3 Å². The molecule has 0 aliphatic rings. The number of carboxylic acids is 1. The maximum absolute atomic E-state index is 13.4. The van der Waals surface area contributed by atoms with Crippen molar-refractivity contribution >= 4 is 34.5 Å². The summed E-state index contributed by atoms with van der Waals surface area (Å²) in [7, 11) is 1.44. The first-order valence-corrected chi connectivity index (χ1v) is 6.77. The zero-order chi connectivity index (χ0) is 16.4. The Bertz CT molecular complexity index is 572. The van der Waals surface area contributed by atoms with Crippen LogP contribution in [0.3, 0.4) is 0 Å². The van der Waals surface area contributed by atoms with Gasteiger partial charge in [0.25, 0.3) is 0 Å². The van der Waals surface area contributed by atoms with E-state index in [0.29, 0.717) is 9.32 Å². The van der Waals surface area contributed by atoms with Crippen LogP contribution in [0, 0.1) is 3.57 Å². The van der Waals surface area contributed by atoms with Crippen LogP contribution in [0.1, 0.15) is 24.2 Å². The molecule has 1 aromatic rings. The lowest BCUT2D eigenvalue weighted by molar-refractivity contribution is -0.341. The molecule has 0 saturated heterocycles. The molecule has 21 heavy (non-hydrogen) atoms. The molecule has 0 fully saturated rings. The Morgan fingerprint density at radius 1 is 1.29 bits per heavy atom. The molecule has 0 atom stereocenters. The second-order valence-electron chi connectivity index (χ2n) is 4.61. The number of carboxylic acid groups (broad SMARTS) is 1. The number of halogens is 3. The molecule has 0 unspecified atom stereocenters. The maximum Gasteiger partial charge on any atom is 0.338 e. The van der Waals surface area contributed by atoms with Gasteiger partial charge in [0, 0.05) is 0 Å². The van der Waals surface area contributed by atoms with Crippen molar-refractivity contribution in [1.29, 1.82) is 0 Å². The molecule has 0 heterocycles. The van der Waals surface area contributed by atoms with Gasteiger partial charge in [-0.1, -0.05) is 0 Å². The SMILES string of the molecule is COc1ccc(C(=O)OC(C)(C)C(F)(F)C(=O)[O-])cc1I. The van der Waals surface area contributed by atoms with Gasteiger partial charge in [-0.2, -0.15) is 8.78 Å². The number of carbonyl (C=O) groups excluding carboxylic acids is 2. The minimum atomic E-state index is -4.32. The summed E-state index contributed by atoms with van der Waals surface area (Å²) >= 11 is 1.90. The predicted molar refractivity (Wildman–Crippen MR) is 75.2 cm³/mol. The molecule has 0 bridgehead atoms. The van der Waals surface area contributed by atoms with Gasteiger partial charge >= 0.3 is 11.9 Å². The summed E-state index contributed by atoms with van der Waals surface area (Å²) < 4.78 is 37.1. The molecular formula is C13H12F2IO5-. The Morgan fingerprint density at radius 3 is 2.29 bits per heavy atom. The van der Waals surface area contributed by atoms with Crippen molar-refractivity contribution in [2.24, 2.45) is 0 Å². The highest BCUT2D eigenvalue weighted by molar-refractivity contribution is 14.1. The van der Waals surface area contributed by atoms with Crippen LogP contribution < -0.4 is 9.84 Å². The van der Waals surface area contributed by atoms with Crippen molar-refractivity contribution in [3.63, 3.8) is 0 Å². The van der Waals surface area contributed by atoms with Gasteiger partial charge in [-0.15, -0.1) is 0 Å². The minimum Gasteiger partial charge on any atom is -0.544 e. The van der Waals surface area contributed by atoms with Crippen molar-refractivity contribution in [3.8, 4) is 5.75 Å². The molecule has 116 valence electrons. The summed E-state index contributed by atoms with van der Waals surface area (Å²) in [6, 6.07) is 4.19. The zero-order valence-corrected chi connectivity index (χ0v) is 13.6. The van der Waals surface area contributed by atoms with Crippen LogP contribution in [0.4, 0.5) is 8.78 Å². The maximum atomic E-state index is 13.4. The third-order valence-electron chi connectivity index (χ3n) is 2.75. The fraction of sp³-hybridized carbons (Fsp3) is 0.385. The zero-order valence-electron chi connectivity index (χ0n) is 11.4. The largest absolute Gasteiger partial charge is 0.544 e. The van der Waals surface area contributed by atoms with Gasteiger partial charge in [-0.25, -0.2) is 4.79 Å². The van der Waals surface area contributed by atoms with E-state index in [-0.39, 0.29) is 5.56 Å². The van der Waals surface area contributed by atoms with Gasteiger partial charge in [-0.05, 0) is 54.6 Å². The lowest BCUT2D eigenvalue weighted by Crippen LogP contribution is -2.57. The van der Waals surface area contributed by atoms with Crippen LogP contribution in [-0.4, -0.2) is 30.6 Å². The molecule has 0 radical (unpaired) electrons. The number of ether oxygens (including phenoxy) is 2. The normalized spacial score (nSPS) is 11.9. The van der Waals surface area contributed by atoms with Gasteiger partial charge in [0.15, 0.2) is 5.60 Å². The molecule has 0 N–H and O–H groups in total. The van der Waals surface area contributed by atoms with E-state index >= 15 is 0 Å². The van der Waals surface area contributed by atoms with E-state index in [4.69, 9.17) is 4.74 Å². The highest BCUT2D eigenvalue weighted by atomic mass is 127. The fourth-order valence-corrected chi connectivity index (χ4v) is 2.13. The Hall–Kier alpha value is -1.45. The summed E-state index contributed by atoms with van der Waals surface area (Å²) in [4.78, 5) is 22.3. The smallest absolute Gasteiger partial charge is 0.338 e. The van der Waals surface area contributed by atoms with E-state index in [1.54, 1.807) is 0 Å². The van der Waals surface area contributed by atoms with Crippen LogP contribution in [0.2, 0.25) is 0 Å². The van der Waals surface area contributed by atoms with E-state index in [1.807, 2.05) is 22.6 Å². The van der Waals surface area contributed by atoms with Crippen molar-refractivity contribution in [3.05, 3.63) is 27.3 Å². The quantitative estimate of drug-likeness (QED) is 0.542. The predicted octanol–water partition coefficient (Wildman–Crippen LogP) is 1.62. The first kappa shape index (κ1) is 17.6. The summed E-state index contributed by atoms with van der Waals surface area (Å²) in [6.45, 7) is 1.60. The number of alkyl halides is 2. The molecule has 0 saturated carbocycles. The molecule has 1 rings (SSSR count). The third kappa shape index (κ3) is 3.60. The Balaban J connectivity index is 3.00. The molecule has 0 spiro atoms. The number of methoxy groups -OCH3 is 1. The lowest BCUT2D eigenvalue weighted by Gasteiger charge is -2.33.